The van der Waals surface area contributed by atoms with E-state index in [1.807, 2.05) is 18.7 Å². The van der Waals surface area contributed by atoms with Gasteiger partial charge in [-0.15, -0.1) is 0 Å². The number of benzene rings is 1. The van der Waals surface area contributed by atoms with E-state index in [-0.39, 0.29) is 11.4 Å². The van der Waals surface area contributed by atoms with E-state index in [4.69, 9.17) is 38.4 Å². The van der Waals surface area contributed by atoms with Gasteiger partial charge in [0.25, 0.3) is 0 Å². The second-order valence-electron chi connectivity index (χ2n) is 8.94. The molecule has 0 amide bonds. The van der Waals surface area contributed by atoms with Crippen LogP contribution in [-0.2, 0) is 0 Å². The van der Waals surface area contributed by atoms with Crippen molar-refractivity contribution in [3.05, 3.63) is 58.2 Å². The van der Waals surface area contributed by atoms with Crippen molar-refractivity contribution in [2.24, 2.45) is 5.73 Å². The van der Waals surface area contributed by atoms with Gasteiger partial charge >= 0.3 is 0 Å². The number of nitrogens with zero attached hydrogens (tertiary/aromatic N) is 4. The third-order valence-corrected chi connectivity index (χ3v) is 6.55. The molecule has 3 aromatic heterocycles. The number of hydrogen-bond acceptors (Lipinski definition) is 7. The Hall–Kier alpha value is -3.14. The first-order valence-corrected chi connectivity index (χ1v) is 11.6. The van der Waals surface area contributed by atoms with Gasteiger partial charge in [0.05, 0.1) is 22.7 Å². The molecule has 1 fully saturated rings. The van der Waals surface area contributed by atoms with Gasteiger partial charge in [0.15, 0.2) is 23.1 Å². The number of H-pyrrole nitrogens is 1. The normalized spacial score (nSPS) is 15.7. The molecule has 8 nitrogen and oxygen atoms in total. The number of nitrogens with one attached hydrogen (secondary N) is 1. The van der Waals surface area contributed by atoms with Crippen LogP contribution in [0.4, 0.5) is 10.2 Å². The Balaban J connectivity index is 1.50. The van der Waals surface area contributed by atoms with Crippen LogP contribution in [0.15, 0.2) is 36.8 Å². The van der Waals surface area contributed by atoms with Crippen molar-refractivity contribution in [1.29, 1.82) is 0 Å². The van der Waals surface area contributed by atoms with Gasteiger partial charge in [0, 0.05) is 59.8 Å². The van der Waals surface area contributed by atoms with Crippen LogP contribution in [0.3, 0.4) is 0 Å². The first-order valence-electron chi connectivity index (χ1n) is 10.9. The summed E-state index contributed by atoms with van der Waals surface area (Å²) in [7, 11) is 1.54. The van der Waals surface area contributed by atoms with Crippen LogP contribution in [0.5, 0.6) is 11.5 Å². The summed E-state index contributed by atoms with van der Waals surface area (Å²) in [6.45, 7) is 4.85. The molecular weight excluding hydrogens is 494 g/mol. The monoisotopic (exact) mass is 516 g/mol. The maximum absolute atomic E-state index is 14.9. The Kier molecular flexibility index (Phi) is 5.94. The van der Waals surface area contributed by atoms with E-state index < -0.39 is 11.9 Å². The highest BCUT2D eigenvalue weighted by Gasteiger charge is 2.37. The Labute approximate surface area is 211 Å². The average Bonchev–Trinajstić information content (AvgIpc) is 3.19. The minimum Gasteiger partial charge on any atom is -0.493 e. The van der Waals surface area contributed by atoms with Crippen molar-refractivity contribution in [2.75, 3.05) is 25.1 Å². The van der Waals surface area contributed by atoms with Crippen LogP contribution in [-0.4, -0.2) is 45.9 Å². The molecule has 0 unspecified atom stereocenters. The second-order valence-corrected chi connectivity index (χ2v) is 9.75. The number of ether oxygens (including phenoxy) is 2. The van der Waals surface area contributed by atoms with Crippen LogP contribution < -0.4 is 20.1 Å². The summed E-state index contributed by atoms with van der Waals surface area (Å²) < 4.78 is 26.7. The zero-order chi connectivity index (χ0) is 24.9. The van der Waals surface area contributed by atoms with Crippen molar-refractivity contribution in [2.45, 2.75) is 25.5 Å². The highest BCUT2D eigenvalue weighted by molar-refractivity contribution is 6.35. The fourth-order valence-corrected chi connectivity index (χ4v) is 5.00. The average molecular weight is 517 g/mol. The fraction of sp³-hybridized carbons (Fsp3) is 0.292. The van der Waals surface area contributed by atoms with Gasteiger partial charge in [0.1, 0.15) is 11.8 Å². The summed E-state index contributed by atoms with van der Waals surface area (Å²) in [4.78, 5) is 10.1. The highest BCUT2D eigenvalue weighted by Crippen LogP contribution is 2.40. The summed E-state index contributed by atoms with van der Waals surface area (Å²) in [5, 5.41) is 8.87. The lowest BCUT2D eigenvalue weighted by atomic mass is 9.94. The van der Waals surface area contributed by atoms with Crippen molar-refractivity contribution < 1.29 is 13.9 Å². The van der Waals surface area contributed by atoms with Crippen LogP contribution in [0.1, 0.15) is 25.5 Å². The Morgan fingerprint density at radius 3 is 2.49 bits per heavy atom. The molecule has 5 rings (SSSR count). The number of halogens is 3. The zero-order valence-electron chi connectivity index (χ0n) is 19.3. The predicted molar refractivity (Wildman–Crippen MR) is 134 cm³/mol. The van der Waals surface area contributed by atoms with Gasteiger partial charge in [-0.25, -0.2) is 9.37 Å². The lowest BCUT2D eigenvalue weighted by Gasteiger charge is -2.46. The maximum atomic E-state index is 14.9. The van der Waals surface area contributed by atoms with E-state index in [2.05, 4.69) is 20.2 Å². The number of aromatic nitrogens is 4. The van der Waals surface area contributed by atoms with Crippen molar-refractivity contribution >= 4 is 39.9 Å². The van der Waals surface area contributed by atoms with Gasteiger partial charge < -0.3 is 20.1 Å². The molecule has 35 heavy (non-hydrogen) atoms. The number of nitrogens with two attached hydrogens (primary N) is 1. The van der Waals surface area contributed by atoms with E-state index in [1.165, 1.54) is 18.5 Å². The van der Waals surface area contributed by atoms with Crippen molar-refractivity contribution in [3.63, 3.8) is 0 Å². The SMILES string of the molecule is COc1cc2[nH]nc(-c3cnc(N4CC(C)(N)C4)c(F)c3)c2cc1O[C@H](C)c1c(Cl)cncc1Cl. The van der Waals surface area contributed by atoms with E-state index in [1.54, 1.807) is 25.4 Å². The minimum atomic E-state index is -0.497. The quantitative estimate of drug-likeness (QED) is 0.365. The predicted octanol–water partition coefficient (Wildman–Crippen LogP) is 5.15. The Morgan fingerprint density at radius 2 is 1.86 bits per heavy atom. The smallest absolute Gasteiger partial charge is 0.166 e. The second kappa shape index (κ2) is 8.82. The summed E-state index contributed by atoms with van der Waals surface area (Å²) >= 11 is 12.6. The molecule has 1 saturated heterocycles. The van der Waals surface area contributed by atoms with E-state index >= 15 is 0 Å². The largest absolute Gasteiger partial charge is 0.493 e. The van der Waals surface area contributed by atoms with E-state index in [0.717, 1.165) is 0 Å². The molecule has 0 radical (unpaired) electrons. The third-order valence-electron chi connectivity index (χ3n) is 5.95. The number of rotatable bonds is 6. The number of pyridine rings is 2. The molecule has 0 bridgehead atoms. The molecule has 3 N–H and O–H groups in total. The summed E-state index contributed by atoms with van der Waals surface area (Å²) in [5.41, 5.74) is 8.08. The van der Waals surface area contributed by atoms with Gasteiger partial charge in [0.2, 0.25) is 0 Å². The van der Waals surface area contributed by atoms with Crippen molar-refractivity contribution in [3.8, 4) is 22.8 Å². The van der Waals surface area contributed by atoms with E-state index in [9.17, 15) is 4.39 Å². The fourth-order valence-electron chi connectivity index (χ4n) is 4.32. The molecule has 0 spiro atoms. The van der Waals surface area contributed by atoms with Crippen LogP contribution in [0.2, 0.25) is 10.0 Å². The molecular formula is C24H23Cl2FN6O2. The van der Waals surface area contributed by atoms with Crippen LogP contribution in [0.25, 0.3) is 22.2 Å². The van der Waals surface area contributed by atoms with Crippen molar-refractivity contribution in [1.82, 2.24) is 20.2 Å². The highest BCUT2D eigenvalue weighted by atomic mass is 35.5. The lowest BCUT2D eigenvalue weighted by molar-refractivity contribution is 0.216. The lowest BCUT2D eigenvalue weighted by Crippen LogP contribution is -2.66. The molecule has 0 aliphatic carbocycles. The van der Waals surface area contributed by atoms with Gasteiger partial charge in [-0.05, 0) is 26.0 Å². The zero-order valence-corrected chi connectivity index (χ0v) is 20.8. The first-order chi connectivity index (χ1) is 16.7. The molecule has 1 aliphatic heterocycles. The third kappa shape index (κ3) is 4.35. The molecule has 1 aliphatic rings. The maximum Gasteiger partial charge on any atom is 0.166 e. The topological polar surface area (TPSA) is 102 Å². The standard InChI is InChI=1S/C24H23Cl2FN6O2/c1-12(21-15(25)8-29-9-16(21)26)35-20-5-14-18(6-19(20)34-3)31-32-22(14)13-4-17(27)23(30-7-13)33-10-24(2,28)11-33/h4-9,12H,10-11,28H2,1-3H3,(H,31,32)/t12-/m1/s1. The molecule has 0 saturated carbocycles. The molecule has 11 heteroatoms. The first kappa shape index (κ1) is 23.6. The number of hydrogen-bond donors (Lipinski definition) is 2. The molecule has 1 atom stereocenters. The Bertz CT molecular complexity index is 1400. The number of fused-ring (bicyclic) bond motifs is 1. The number of anilines is 1. The molecule has 4 heterocycles. The van der Waals surface area contributed by atoms with Gasteiger partial charge in [-0.3, -0.25) is 10.1 Å². The number of methoxy groups -OCH3 is 1. The van der Waals surface area contributed by atoms with Crippen LogP contribution >= 0.6 is 23.2 Å². The molecule has 182 valence electrons. The summed E-state index contributed by atoms with van der Waals surface area (Å²) in [6, 6.07) is 4.98. The van der Waals surface area contributed by atoms with Crippen LogP contribution in [0, 0.1) is 5.82 Å². The van der Waals surface area contributed by atoms with Gasteiger partial charge in [-0.1, -0.05) is 23.2 Å². The summed E-state index contributed by atoms with van der Waals surface area (Å²) in [5.74, 6) is 0.784. The Morgan fingerprint density at radius 1 is 1.14 bits per heavy atom. The number of aromatic amines is 1. The minimum absolute atomic E-state index is 0.280. The molecule has 1 aromatic carbocycles. The summed E-state index contributed by atoms with van der Waals surface area (Å²) in [6.07, 6.45) is 4.13. The van der Waals surface area contributed by atoms with Gasteiger partial charge in [-0.2, -0.15) is 5.10 Å². The molecule has 4 aromatic rings. The van der Waals surface area contributed by atoms with E-state index in [0.29, 0.717) is 62.4 Å².